The number of primary amides is 1. The van der Waals surface area contributed by atoms with Crippen molar-refractivity contribution >= 4 is 23.1 Å². The molecule has 3 rings (SSSR count). The molecule has 0 bridgehead atoms. The number of hydrogen-bond donors (Lipinski definition) is 1. The van der Waals surface area contributed by atoms with Gasteiger partial charge in [-0.2, -0.15) is 0 Å². The molecule has 2 aromatic carbocycles. The van der Waals surface area contributed by atoms with Gasteiger partial charge in [0, 0.05) is 11.9 Å². The molecule has 0 saturated heterocycles. The zero-order valence-corrected chi connectivity index (χ0v) is 11.9. The molecule has 4 heteroatoms. The number of rotatable bonds is 4. The molecule has 0 saturated carbocycles. The lowest BCUT2D eigenvalue weighted by atomic mass is 10.1. The summed E-state index contributed by atoms with van der Waals surface area (Å²) in [5.41, 5.74) is 7.60. The van der Waals surface area contributed by atoms with Gasteiger partial charge in [-0.15, -0.1) is 0 Å². The van der Waals surface area contributed by atoms with E-state index in [1.54, 1.807) is 18.3 Å². The maximum Gasteiger partial charge on any atom is 0.250 e. The largest absolute Gasteiger partial charge is 0.366 e. The van der Waals surface area contributed by atoms with Gasteiger partial charge in [0.05, 0.1) is 11.3 Å². The average molecular weight is 289 g/mol. The second kappa shape index (κ2) is 6.10. The van der Waals surface area contributed by atoms with Crippen LogP contribution in [-0.4, -0.2) is 10.9 Å². The Kier molecular flexibility index (Phi) is 3.83. The van der Waals surface area contributed by atoms with E-state index in [1.165, 1.54) is 0 Å². The molecule has 2 N–H and O–H groups in total. The Morgan fingerprint density at radius 1 is 0.864 bits per heavy atom. The minimum atomic E-state index is -0.465. The van der Waals surface area contributed by atoms with E-state index in [0.717, 1.165) is 11.5 Å². The van der Waals surface area contributed by atoms with Crippen molar-refractivity contribution in [2.75, 3.05) is 4.90 Å². The van der Waals surface area contributed by atoms with Crippen LogP contribution >= 0.6 is 0 Å². The van der Waals surface area contributed by atoms with Gasteiger partial charge in [-0.05, 0) is 36.4 Å². The first-order valence-corrected chi connectivity index (χ1v) is 6.92. The summed E-state index contributed by atoms with van der Waals surface area (Å²) in [6.45, 7) is 0. The SMILES string of the molecule is NC(=O)c1ccccc1N(c1ccccc1)c1ccccn1. The molecule has 0 fully saturated rings. The smallest absolute Gasteiger partial charge is 0.250 e. The number of carbonyl (C=O) groups excluding carboxylic acids is 1. The number of benzene rings is 2. The molecule has 1 heterocycles. The molecule has 0 aliphatic carbocycles. The van der Waals surface area contributed by atoms with E-state index in [1.807, 2.05) is 65.6 Å². The Morgan fingerprint density at radius 2 is 1.55 bits per heavy atom. The number of anilines is 3. The number of hydrogen-bond acceptors (Lipinski definition) is 3. The zero-order valence-electron chi connectivity index (χ0n) is 11.9. The molecule has 0 radical (unpaired) electrons. The second-order valence-corrected chi connectivity index (χ2v) is 4.74. The molecule has 4 nitrogen and oxygen atoms in total. The van der Waals surface area contributed by atoms with E-state index in [0.29, 0.717) is 11.3 Å². The average Bonchev–Trinajstić information content (AvgIpc) is 2.57. The van der Waals surface area contributed by atoms with Crippen molar-refractivity contribution in [2.24, 2.45) is 5.73 Å². The lowest BCUT2D eigenvalue weighted by molar-refractivity contribution is 0.100. The van der Waals surface area contributed by atoms with E-state index >= 15 is 0 Å². The van der Waals surface area contributed by atoms with Gasteiger partial charge in [0.1, 0.15) is 5.82 Å². The van der Waals surface area contributed by atoms with Crippen molar-refractivity contribution in [1.29, 1.82) is 0 Å². The Hall–Kier alpha value is -3.14. The fraction of sp³-hybridized carbons (Fsp3) is 0. The summed E-state index contributed by atoms with van der Waals surface area (Å²) in [5.74, 6) is 0.259. The highest BCUT2D eigenvalue weighted by Gasteiger charge is 2.18. The van der Waals surface area contributed by atoms with Gasteiger partial charge < -0.3 is 5.73 Å². The number of amides is 1. The first kappa shape index (κ1) is 13.8. The van der Waals surface area contributed by atoms with E-state index in [4.69, 9.17) is 5.73 Å². The number of nitrogens with zero attached hydrogens (tertiary/aromatic N) is 2. The van der Waals surface area contributed by atoms with Crippen molar-refractivity contribution in [3.63, 3.8) is 0 Å². The molecule has 22 heavy (non-hydrogen) atoms. The summed E-state index contributed by atoms with van der Waals surface area (Å²) in [6, 6.07) is 22.7. The quantitative estimate of drug-likeness (QED) is 0.797. The van der Waals surface area contributed by atoms with Crippen LogP contribution in [0.2, 0.25) is 0 Å². The van der Waals surface area contributed by atoms with Crippen LogP contribution in [0.1, 0.15) is 10.4 Å². The van der Waals surface area contributed by atoms with E-state index in [9.17, 15) is 4.79 Å². The Balaban J connectivity index is 2.21. The first-order valence-electron chi connectivity index (χ1n) is 6.92. The van der Waals surface area contributed by atoms with Crippen molar-refractivity contribution < 1.29 is 4.79 Å². The van der Waals surface area contributed by atoms with Crippen molar-refractivity contribution in [3.05, 3.63) is 84.6 Å². The molecule has 0 unspecified atom stereocenters. The minimum Gasteiger partial charge on any atom is -0.366 e. The van der Waals surface area contributed by atoms with Crippen LogP contribution in [0.25, 0.3) is 0 Å². The molecule has 0 atom stereocenters. The number of carbonyl (C=O) groups is 1. The zero-order chi connectivity index (χ0) is 15.4. The summed E-state index contributed by atoms with van der Waals surface area (Å²) in [6.07, 6.45) is 1.72. The summed E-state index contributed by atoms with van der Waals surface area (Å²) < 4.78 is 0. The number of aromatic nitrogens is 1. The Morgan fingerprint density at radius 3 is 2.23 bits per heavy atom. The Labute approximate surface area is 128 Å². The molecular weight excluding hydrogens is 274 g/mol. The van der Waals surface area contributed by atoms with Gasteiger partial charge in [-0.1, -0.05) is 36.4 Å². The topological polar surface area (TPSA) is 59.2 Å². The van der Waals surface area contributed by atoms with Crippen LogP contribution in [0.3, 0.4) is 0 Å². The molecule has 0 aliphatic heterocycles. The van der Waals surface area contributed by atoms with Crippen molar-refractivity contribution in [2.45, 2.75) is 0 Å². The highest BCUT2D eigenvalue weighted by Crippen LogP contribution is 2.34. The van der Waals surface area contributed by atoms with E-state index < -0.39 is 5.91 Å². The van der Waals surface area contributed by atoms with E-state index in [2.05, 4.69) is 4.98 Å². The third-order valence-electron chi connectivity index (χ3n) is 3.30. The first-order chi connectivity index (χ1) is 10.8. The van der Waals surface area contributed by atoms with Gasteiger partial charge in [0.15, 0.2) is 0 Å². The summed E-state index contributed by atoms with van der Waals surface area (Å²) >= 11 is 0. The van der Waals surface area contributed by atoms with Gasteiger partial charge >= 0.3 is 0 Å². The standard InChI is InChI=1S/C18H15N3O/c19-18(22)15-10-4-5-11-16(15)21(14-8-2-1-3-9-14)17-12-6-7-13-20-17/h1-13H,(H2,19,22). The number of para-hydroxylation sites is 2. The minimum absolute atomic E-state index is 0.456. The lowest BCUT2D eigenvalue weighted by Crippen LogP contribution is -2.18. The van der Waals surface area contributed by atoms with Gasteiger partial charge in [-0.3, -0.25) is 9.69 Å². The molecule has 3 aromatic rings. The Bertz CT molecular complexity index is 733. The van der Waals surface area contributed by atoms with Crippen LogP contribution in [0.5, 0.6) is 0 Å². The van der Waals surface area contributed by atoms with Crippen LogP contribution in [0.4, 0.5) is 17.2 Å². The normalized spacial score (nSPS) is 10.2. The van der Waals surface area contributed by atoms with Gasteiger partial charge in [-0.25, -0.2) is 4.98 Å². The van der Waals surface area contributed by atoms with Gasteiger partial charge in [0.2, 0.25) is 0 Å². The maximum atomic E-state index is 11.8. The van der Waals surface area contributed by atoms with Crippen LogP contribution in [0.15, 0.2) is 79.0 Å². The molecular formula is C18H15N3O. The fourth-order valence-corrected chi connectivity index (χ4v) is 2.33. The lowest BCUT2D eigenvalue weighted by Gasteiger charge is -2.25. The second-order valence-electron chi connectivity index (χ2n) is 4.74. The van der Waals surface area contributed by atoms with Crippen molar-refractivity contribution in [1.82, 2.24) is 4.98 Å². The highest BCUT2D eigenvalue weighted by molar-refractivity contribution is 6.00. The predicted octanol–water partition coefficient (Wildman–Crippen LogP) is 3.65. The van der Waals surface area contributed by atoms with Gasteiger partial charge in [0.25, 0.3) is 5.91 Å². The molecule has 0 spiro atoms. The molecule has 0 aliphatic rings. The third-order valence-corrected chi connectivity index (χ3v) is 3.30. The summed E-state index contributed by atoms with van der Waals surface area (Å²) in [7, 11) is 0. The maximum absolute atomic E-state index is 11.8. The number of pyridine rings is 1. The molecule has 108 valence electrons. The summed E-state index contributed by atoms with van der Waals surface area (Å²) in [5, 5.41) is 0. The fourth-order valence-electron chi connectivity index (χ4n) is 2.33. The monoisotopic (exact) mass is 289 g/mol. The molecule has 1 aromatic heterocycles. The third kappa shape index (κ3) is 2.67. The van der Waals surface area contributed by atoms with E-state index in [-0.39, 0.29) is 0 Å². The number of nitrogens with two attached hydrogens (primary N) is 1. The van der Waals surface area contributed by atoms with Crippen LogP contribution < -0.4 is 10.6 Å². The highest BCUT2D eigenvalue weighted by atomic mass is 16.1. The summed E-state index contributed by atoms with van der Waals surface area (Å²) in [4.78, 5) is 18.1. The molecule has 1 amide bonds. The predicted molar refractivity (Wildman–Crippen MR) is 87.4 cm³/mol. The van der Waals surface area contributed by atoms with Crippen molar-refractivity contribution in [3.8, 4) is 0 Å². The van der Waals surface area contributed by atoms with Crippen LogP contribution in [0, 0.1) is 0 Å². The van der Waals surface area contributed by atoms with Crippen LogP contribution in [-0.2, 0) is 0 Å².